The third-order valence-corrected chi connectivity index (χ3v) is 3.54. The Morgan fingerprint density at radius 1 is 1.16 bits per heavy atom. The van der Waals surface area contributed by atoms with Crippen LogP contribution in [-0.2, 0) is 14.3 Å². The Bertz CT molecular complexity index is 361. The second kappa shape index (κ2) is 4.94. The van der Waals surface area contributed by atoms with E-state index < -0.39 is 61.4 Å². The second-order valence-electron chi connectivity index (χ2n) is 4.75. The van der Waals surface area contributed by atoms with Gasteiger partial charge in [-0.05, 0) is 0 Å². The molecule has 19 heavy (non-hydrogen) atoms. The molecule has 2 heterocycles. The molecule has 0 saturated carbocycles. The van der Waals surface area contributed by atoms with E-state index in [4.69, 9.17) is 4.74 Å². The van der Waals surface area contributed by atoms with Crippen molar-refractivity contribution in [2.75, 3.05) is 13.2 Å². The Kier molecular flexibility index (Phi) is 3.80. The molecule has 110 valence electrons. The van der Waals surface area contributed by atoms with Gasteiger partial charge in [0.2, 0.25) is 0 Å². The molecule has 0 spiro atoms. The lowest BCUT2D eigenvalue weighted by atomic mass is 9.81. The minimum atomic E-state index is -2.55. The average molecular weight is 280 g/mol. The zero-order valence-electron chi connectivity index (χ0n) is 9.79. The zero-order valence-corrected chi connectivity index (χ0v) is 9.79. The fourth-order valence-corrected chi connectivity index (χ4v) is 2.28. The highest BCUT2D eigenvalue weighted by Crippen LogP contribution is 2.32. The van der Waals surface area contributed by atoms with Crippen molar-refractivity contribution < 1.29 is 44.9 Å². The number of ether oxygens (including phenoxy) is 2. The summed E-state index contributed by atoms with van der Waals surface area (Å²) in [6.45, 7) is -1.57. The zero-order chi connectivity index (χ0) is 14.4. The maximum absolute atomic E-state index is 11.4. The highest BCUT2D eigenvalue weighted by Gasteiger charge is 2.58. The Morgan fingerprint density at radius 2 is 1.79 bits per heavy atom. The van der Waals surface area contributed by atoms with Crippen molar-refractivity contribution in [2.24, 2.45) is 0 Å². The molecule has 2 fully saturated rings. The molecule has 6 N–H and O–H groups in total. The molecular formula is C10H16O9. The van der Waals surface area contributed by atoms with Gasteiger partial charge in [0.25, 0.3) is 0 Å². The molecule has 2 aliphatic heterocycles. The number of carbonyl (C=O) groups is 1. The number of carbonyl (C=O) groups excluding carboxylic acids is 1. The topological polar surface area (TPSA) is 157 Å². The van der Waals surface area contributed by atoms with Crippen LogP contribution in [0.3, 0.4) is 0 Å². The standard InChI is InChI=1S/C10H16O9/c11-2-10(17)7(15)9(16)18-1-3-4(12)5(13)6(14)8(10)19-3/h3-8,11-15,17H,1-2H2/t3-,4-,5+,6+,7+,8?,10-/m1/s1. The first-order valence-electron chi connectivity index (χ1n) is 5.70. The van der Waals surface area contributed by atoms with E-state index in [-0.39, 0.29) is 0 Å². The van der Waals surface area contributed by atoms with E-state index in [1.807, 2.05) is 0 Å². The average Bonchev–Trinajstić information content (AvgIpc) is 2.41. The van der Waals surface area contributed by atoms with E-state index in [1.54, 1.807) is 0 Å². The van der Waals surface area contributed by atoms with Gasteiger partial charge in [0.05, 0.1) is 6.61 Å². The Hall–Kier alpha value is -0.810. The molecule has 0 amide bonds. The fourth-order valence-electron chi connectivity index (χ4n) is 2.28. The summed E-state index contributed by atoms with van der Waals surface area (Å²) < 4.78 is 9.73. The summed E-state index contributed by atoms with van der Waals surface area (Å²) in [7, 11) is 0. The second-order valence-corrected chi connectivity index (χ2v) is 4.75. The lowest BCUT2D eigenvalue weighted by Crippen LogP contribution is -2.71. The van der Waals surface area contributed by atoms with Gasteiger partial charge in [-0.2, -0.15) is 0 Å². The molecule has 0 aromatic carbocycles. The Balaban J connectivity index is 2.40. The summed E-state index contributed by atoms with van der Waals surface area (Å²) in [4.78, 5) is 11.4. The molecule has 2 bridgehead atoms. The molecular weight excluding hydrogens is 264 g/mol. The van der Waals surface area contributed by atoms with Crippen LogP contribution in [0.25, 0.3) is 0 Å². The van der Waals surface area contributed by atoms with Crippen molar-refractivity contribution in [3.63, 3.8) is 0 Å². The monoisotopic (exact) mass is 280 g/mol. The number of hydrogen-bond acceptors (Lipinski definition) is 9. The van der Waals surface area contributed by atoms with E-state index in [9.17, 15) is 35.4 Å². The van der Waals surface area contributed by atoms with Gasteiger partial charge in [0.15, 0.2) is 11.7 Å². The van der Waals surface area contributed by atoms with Gasteiger partial charge in [-0.3, -0.25) is 0 Å². The van der Waals surface area contributed by atoms with Crippen LogP contribution >= 0.6 is 0 Å². The molecule has 2 aliphatic rings. The van der Waals surface area contributed by atoms with Crippen molar-refractivity contribution in [2.45, 2.75) is 42.2 Å². The quantitative estimate of drug-likeness (QED) is 0.260. The first-order valence-corrected chi connectivity index (χ1v) is 5.70. The number of cyclic esters (lactones) is 1. The van der Waals surface area contributed by atoms with Crippen LogP contribution in [0, 0.1) is 0 Å². The van der Waals surface area contributed by atoms with E-state index in [0.717, 1.165) is 0 Å². The van der Waals surface area contributed by atoms with Crippen molar-refractivity contribution in [1.29, 1.82) is 0 Å². The highest BCUT2D eigenvalue weighted by molar-refractivity contribution is 5.76. The molecule has 0 aliphatic carbocycles. The van der Waals surface area contributed by atoms with Crippen LogP contribution < -0.4 is 0 Å². The summed E-state index contributed by atoms with van der Waals surface area (Å²) in [5.41, 5.74) is -2.55. The van der Waals surface area contributed by atoms with E-state index in [2.05, 4.69) is 4.74 Å². The van der Waals surface area contributed by atoms with Gasteiger partial charge in [0.1, 0.15) is 37.1 Å². The minimum absolute atomic E-state index is 0.459. The van der Waals surface area contributed by atoms with Gasteiger partial charge >= 0.3 is 5.97 Å². The first kappa shape index (κ1) is 14.6. The predicted octanol–water partition coefficient (Wildman–Crippen LogP) is -4.52. The third-order valence-electron chi connectivity index (χ3n) is 3.54. The minimum Gasteiger partial charge on any atom is -0.461 e. The lowest BCUT2D eigenvalue weighted by Gasteiger charge is -2.48. The maximum atomic E-state index is 11.4. The van der Waals surface area contributed by atoms with Gasteiger partial charge < -0.3 is 40.1 Å². The highest BCUT2D eigenvalue weighted by atomic mass is 16.6. The van der Waals surface area contributed by atoms with E-state index in [0.29, 0.717) is 0 Å². The normalized spacial score (nSPS) is 51.2. The van der Waals surface area contributed by atoms with Crippen molar-refractivity contribution >= 4 is 5.97 Å². The Morgan fingerprint density at radius 3 is 2.37 bits per heavy atom. The first-order chi connectivity index (χ1) is 8.82. The van der Waals surface area contributed by atoms with E-state index >= 15 is 0 Å². The molecule has 0 aromatic heterocycles. The summed E-state index contributed by atoms with van der Waals surface area (Å²) in [5, 5.41) is 58.0. The number of rotatable bonds is 1. The molecule has 2 rings (SSSR count). The smallest absolute Gasteiger partial charge is 0.338 e. The number of esters is 1. The van der Waals surface area contributed by atoms with Gasteiger partial charge in [0, 0.05) is 0 Å². The largest absolute Gasteiger partial charge is 0.461 e. The summed E-state index contributed by atoms with van der Waals surface area (Å²) in [6, 6.07) is 0. The maximum Gasteiger partial charge on any atom is 0.338 e. The molecule has 9 nitrogen and oxygen atoms in total. The van der Waals surface area contributed by atoms with E-state index in [1.165, 1.54) is 0 Å². The van der Waals surface area contributed by atoms with Crippen molar-refractivity contribution in [3.8, 4) is 0 Å². The number of fused-ring (bicyclic) bond motifs is 2. The SMILES string of the molecule is O=C1OC[C@H]2OC([C@@H](O)[C@@H](O)[C@@H]2O)[C@@](O)(CO)[C@H]1O. The Labute approximate surface area is 107 Å². The van der Waals surface area contributed by atoms with Crippen LogP contribution in [0.1, 0.15) is 0 Å². The molecule has 9 heteroatoms. The van der Waals surface area contributed by atoms with Crippen LogP contribution in [0.5, 0.6) is 0 Å². The summed E-state index contributed by atoms with van der Waals surface area (Å²) in [5.74, 6) is -1.22. The molecule has 2 saturated heterocycles. The number of aliphatic hydroxyl groups excluding tert-OH is 5. The van der Waals surface area contributed by atoms with Crippen molar-refractivity contribution in [3.05, 3.63) is 0 Å². The molecule has 0 aromatic rings. The third kappa shape index (κ3) is 2.13. The molecule has 1 unspecified atom stereocenters. The predicted molar refractivity (Wildman–Crippen MR) is 55.7 cm³/mol. The summed E-state index contributed by atoms with van der Waals surface area (Å²) in [6.07, 6.45) is -9.98. The van der Waals surface area contributed by atoms with Crippen LogP contribution in [0.4, 0.5) is 0 Å². The van der Waals surface area contributed by atoms with Gasteiger partial charge in [-0.15, -0.1) is 0 Å². The summed E-state index contributed by atoms with van der Waals surface area (Å²) >= 11 is 0. The fraction of sp³-hybridized carbons (Fsp3) is 0.900. The van der Waals surface area contributed by atoms with Crippen LogP contribution in [0.15, 0.2) is 0 Å². The number of aliphatic hydroxyl groups is 6. The van der Waals surface area contributed by atoms with Crippen LogP contribution in [0.2, 0.25) is 0 Å². The molecule has 0 radical (unpaired) electrons. The van der Waals surface area contributed by atoms with Gasteiger partial charge in [-0.25, -0.2) is 4.79 Å². The van der Waals surface area contributed by atoms with Crippen molar-refractivity contribution in [1.82, 2.24) is 0 Å². The lowest BCUT2D eigenvalue weighted by molar-refractivity contribution is -0.300. The van der Waals surface area contributed by atoms with Gasteiger partial charge in [-0.1, -0.05) is 0 Å². The number of hydrogen-bond donors (Lipinski definition) is 6. The molecule has 7 atom stereocenters. The van der Waals surface area contributed by atoms with Crippen LogP contribution in [-0.4, -0.2) is 92.0 Å².